The molecule has 0 bridgehead atoms. The highest BCUT2D eigenvalue weighted by Crippen LogP contribution is 2.44. The molecule has 0 heterocycles. The molecule has 1 unspecified atom stereocenters. The second-order valence-corrected chi connectivity index (χ2v) is 6.37. The smallest absolute Gasteiger partial charge is 0.0858 e. The Morgan fingerprint density at radius 1 is 1.10 bits per heavy atom. The maximum Gasteiger partial charge on any atom is 0.0858 e. The van der Waals surface area contributed by atoms with Gasteiger partial charge < -0.3 is 15.7 Å². The largest absolute Gasteiger partial charge is 0.388 e. The van der Waals surface area contributed by atoms with Gasteiger partial charge in [0.15, 0.2) is 0 Å². The van der Waals surface area contributed by atoms with E-state index in [1.165, 1.54) is 25.7 Å². The van der Waals surface area contributed by atoms with Crippen LogP contribution in [0.15, 0.2) is 24.3 Å². The lowest BCUT2D eigenvalue weighted by molar-refractivity contribution is 0.0166. The summed E-state index contributed by atoms with van der Waals surface area (Å²) in [5, 5.41) is 10.9. The van der Waals surface area contributed by atoms with Gasteiger partial charge in [0.05, 0.1) is 6.10 Å². The highest BCUT2D eigenvalue weighted by Gasteiger charge is 2.37. The lowest BCUT2D eigenvalue weighted by atomic mass is 9.73. The first kappa shape index (κ1) is 15.3. The monoisotopic (exact) mass is 276 g/mol. The van der Waals surface area contributed by atoms with Crippen LogP contribution in [0.1, 0.15) is 50.2 Å². The number of nitrogens with two attached hydrogens (primary N) is 1. The number of anilines is 1. The van der Waals surface area contributed by atoms with Crippen LogP contribution >= 0.6 is 0 Å². The number of aliphatic hydroxyl groups is 1. The maximum atomic E-state index is 10.9. The second kappa shape index (κ2) is 6.59. The van der Waals surface area contributed by atoms with E-state index in [1.807, 2.05) is 26.2 Å². The topological polar surface area (TPSA) is 49.5 Å². The van der Waals surface area contributed by atoms with Gasteiger partial charge in [-0.1, -0.05) is 37.8 Å². The molecule has 0 aliphatic heterocycles. The van der Waals surface area contributed by atoms with Crippen molar-refractivity contribution in [3.63, 3.8) is 0 Å². The fourth-order valence-corrected chi connectivity index (χ4v) is 3.33. The fourth-order valence-electron chi connectivity index (χ4n) is 3.33. The molecule has 3 nitrogen and oxygen atoms in total. The summed E-state index contributed by atoms with van der Waals surface area (Å²) in [6, 6.07) is 8.23. The van der Waals surface area contributed by atoms with Gasteiger partial charge in [-0.2, -0.15) is 0 Å². The maximum absolute atomic E-state index is 10.9. The lowest BCUT2D eigenvalue weighted by Crippen LogP contribution is -2.36. The highest BCUT2D eigenvalue weighted by molar-refractivity contribution is 5.46. The molecule has 0 saturated heterocycles. The molecule has 0 amide bonds. The first-order valence-electron chi connectivity index (χ1n) is 7.74. The lowest BCUT2D eigenvalue weighted by Gasteiger charge is -2.36. The standard InChI is InChI=1S/C17H28N2O/c1-19(2)15-9-7-14(8-10-15)16(20)17(13-18)11-5-3-4-6-12-17/h7-10,16,20H,3-6,11-13,18H2,1-2H3. The molecule has 0 spiro atoms. The minimum Gasteiger partial charge on any atom is -0.388 e. The normalized spacial score (nSPS) is 20.2. The van der Waals surface area contributed by atoms with Crippen molar-refractivity contribution in [1.29, 1.82) is 0 Å². The molecule has 3 N–H and O–H groups in total. The zero-order valence-corrected chi connectivity index (χ0v) is 12.8. The molecule has 1 atom stereocenters. The molecule has 20 heavy (non-hydrogen) atoms. The zero-order valence-electron chi connectivity index (χ0n) is 12.8. The summed E-state index contributed by atoms with van der Waals surface area (Å²) in [7, 11) is 4.05. The van der Waals surface area contributed by atoms with E-state index in [1.54, 1.807) is 0 Å². The van der Waals surface area contributed by atoms with Crippen LogP contribution in [0.5, 0.6) is 0 Å². The van der Waals surface area contributed by atoms with Crippen molar-refractivity contribution in [3.05, 3.63) is 29.8 Å². The SMILES string of the molecule is CN(C)c1ccc(C(O)C2(CN)CCCCCC2)cc1. The van der Waals surface area contributed by atoms with Gasteiger partial charge in [-0.3, -0.25) is 0 Å². The van der Waals surface area contributed by atoms with Crippen molar-refractivity contribution in [2.75, 3.05) is 25.5 Å². The third-order valence-electron chi connectivity index (χ3n) is 4.81. The summed E-state index contributed by atoms with van der Waals surface area (Å²) >= 11 is 0. The summed E-state index contributed by atoms with van der Waals surface area (Å²) in [6.45, 7) is 0.573. The average molecular weight is 276 g/mol. The van der Waals surface area contributed by atoms with E-state index in [0.717, 1.165) is 24.1 Å². The van der Waals surface area contributed by atoms with Crippen molar-refractivity contribution < 1.29 is 5.11 Å². The Kier molecular flexibility index (Phi) is 5.06. The van der Waals surface area contributed by atoms with Crippen LogP contribution in [-0.2, 0) is 0 Å². The van der Waals surface area contributed by atoms with Crippen molar-refractivity contribution in [3.8, 4) is 0 Å². The molecule has 1 aromatic rings. The number of aliphatic hydroxyl groups excluding tert-OH is 1. The number of rotatable bonds is 4. The fraction of sp³-hybridized carbons (Fsp3) is 0.647. The van der Waals surface area contributed by atoms with Gasteiger partial charge >= 0.3 is 0 Å². The van der Waals surface area contributed by atoms with Crippen molar-refractivity contribution in [1.82, 2.24) is 0 Å². The summed E-state index contributed by atoms with van der Waals surface area (Å²) in [4.78, 5) is 2.07. The molecule has 1 saturated carbocycles. The van der Waals surface area contributed by atoms with Gasteiger partial charge in [-0.05, 0) is 30.5 Å². The van der Waals surface area contributed by atoms with Gasteiger partial charge in [-0.15, -0.1) is 0 Å². The minimum absolute atomic E-state index is 0.129. The van der Waals surface area contributed by atoms with Gasteiger partial charge in [-0.25, -0.2) is 0 Å². The van der Waals surface area contributed by atoms with E-state index in [9.17, 15) is 5.11 Å². The molecule has 1 fully saturated rings. The Morgan fingerprint density at radius 2 is 1.65 bits per heavy atom. The van der Waals surface area contributed by atoms with Crippen molar-refractivity contribution in [2.45, 2.75) is 44.6 Å². The Hall–Kier alpha value is -1.06. The van der Waals surface area contributed by atoms with Gasteiger partial charge in [0.25, 0.3) is 0 Å². The summed E-state index contributed by atoms with van der Waals surface area (Å²) in [5.41, 5.74) is 8.09. The van der Waals surface area contributed by atoms with E-state index in [0.29, 0.717) is 6.54 Å². The summed E-state index contributed by atoms with van der Waals surface area (Å²) < 4.78 is 0. The van der Waals surface area contributed by atoms with Gasteiger partial charge in [0.2, 0.25) is 0 Å². The van der Waals surface area contributed by atoms with Gasteiger partial charge in [0.1, 0.15) is 0 Å². The summed E-state index contributed by atoms with van der Waals surface area (Å²) in [5.74, 6) is 0. The quantitative estimate of drug-likeness (QED) is 0.831. The van der Waals surface area contributed by atoms with E-state index in [2.05, 4.69) is 17.0 Å². The summed E-state index contributed by atoms with van der Waals surface area (Å²) in [6.07, 6.45) is 6.55. The number of nitrogens with zero attached hydrogens (tertiary/aromatic N) is 1. The Bertz CT molecular complexity index is 406. The Balaban J connectivity index is 2.20. The molecular weight excluding hydrogens is 248 g/mol. The second-order valence-electron chi connectivity index (χ2n) is 6.37. The predicted molar refractivity (Wildman–Crippen MR) is 84.9 cm³/mol. The molecule has 1 aromatic carbocycles. The molecule has 3 heteroatoms. The molecule has 0 radical (unpaired) electrons. The zero-order chi connectivity index (χ0) is 14.6. The van der Waals surface area contributed by atoms with E-state index >= 15 is 0 Å². The first-order chi connectivity index (χ1) is 9.59. The van der Waals surface area contributed by atoms with Crippen molar-refractivity contribution in [2.24, 2.45) is 11.1 Å². The van der Waals surface area contributed by atoms with Crippen LogP contribution < -0.4 is 10.6 Å². The van der Waals surface area contributed by atoms with E-state index < -0.39 is 6.10 Å². The molecular formula is C17H28N2O. The van der Waals surface area contributed by atoms with Crippen LogP contribution in [0.3, 0.4) is 0 Å². The molecule has 1 aliphatic rings. The molecule has 2 rings (SSSR count). The van der Waals surface area contributed by atoms with Crippen LogP contribution in [-0.4, -0.2) is 25.7 Å². The third kappa shape index (κ3) is 3.15. The number of hydrogen-bond donors (Lipinski definition) is 2. The molecule has 112 valence electrons. The van der Waals surface area contributed by atoms with Crippen molar-refractivity contribution >= 4 is 5.69 Å². The number of benzene rings is 1. The van der Waals surface area contributed by atoms with Crippen LogP contribution in [0.2, 0.25) is 0 Å². The average Bonchev–Trinajstić information content (AvgIpc) is 2.73. The number of hydrogen-bond acceptors (Lipinski definition) is 3. The van der Waals surface area contributed by atoms with Crippen LogP contribution in [0.25, 0.3) is 0 Å². The molecule has 1 aliphatic carbocycles. The van der Waals surface area contributed by atoms with Crippen LogP contribution in [0.4, 0.5) is 5.69 Å². The van der Waals surface area contributed by atoms with Gasteiger partial charge in [0, 0.05) is 31.7 Å². The predicted octanol–water partition coefficient (Wildman–Crippen LogP) is 3.09. The van der Waals surface area contributed by atoms with E-state index in [4.69, 9.17) is 5.73 Å². The molecule has 0 aromatic heterocycles. The Labute approximate surface area is 122 Å². The first-order valence-corrected chi connectivity index (χ1v) is 7.74. The third-order valence-corrected chi connectivity index (χ3v) is 4.81. The highest BCUT2D eigenvalue weighted by atomic mass is 16.3. The van der Waals surface area contributed by atoms with Crippen LogP contribution in [0, 0.1) is 5.41 Å². The van der Waals surface area contributed by atoms with E-state index in [-0.39, 0.29) is 5.41 Å². The minimum atomic E-state index is -0.443. The Morgan fingerprint density at radius 3 is 2.10 bits per heavy atom.